The van der Waals surface area contributed by atoms with Gasteiger partial charge in [0, 0.05) is 17.4 Å². The van der Waals surface area contributed by atoms with Gasteiger partial charge in [0.2, 0.25) is 0 Å². The molecule has 0 fully saturated rings. The summed E-state index contributed by atoms with van der Waals surface area (Å²) in [5, 5.41) is 4.02. The molecule has 1 aromatic carbocycles. The Hall–Kier alpha value is -1.16. The van der Waals surface area contributed by atoms with Gasteiger partial charge in [-0.25, -0.2) is 4.98 Å². The Kier molecular flexibility index (Phi) is 5.97. The van der Waals surface area contributed by atoms with Crippen molar-refractivity contribution < 1.29 is 10.1 Å². The fourth-order valence-electron chi connectivity index (χ4n) is 2.24. The molecule has 0 bridgehead atoms. The first kappa shape index (κ1) is 16.2. The minimum Gasteiger partial charge on any atom is -0.379 e. The number of aromatic nitrogens is 1. The third kappa shape index (κ3) is 4.95. The molecule has 0 aliphatic rings. The van der Waals surface area contributed by atoms with Gasteiger partial charge in [-0.1, -0.05) is 23.7 Å². The number of halogens is 1. The molecule has 1 aromatic heterocycles. The van der Waals surface area contributed by atoms with Gasteiger partial charge in [0.05, 0.1) is 24.8 Å². The number of benzene rings is 1. The number of nitrogens with zero attached hydrogens (tertiary/aromatic N) is 1. The fourth-order valence-corrected chi connectivity index (χ4v) is 2.47. The highest BCUT2D eigenvalue weighted by molar-refractivity contribution is 6.30. The smallest absolute Gasteiger partial charge is 0.138 e. The van der Waals surface area contributed by atoms with E-state index in [1.54, 1.807) is 0 Å². The molecule has 0 spiro atoms. The zero-order valence-electron chi connectivity index (χ0n) is 13.0. The average Bonchev–Trinajstić information content (AvgIpc) is 2.42. The number of nitrogens with two attached hydrogens (primary N) is 1. The van der Waals surface area contributed by atoms with E-state index in [0.717, 1.165) is 42.6 Å². The van der Waals surface area contributed by atoms with E-state index in [1.807, 2.05) is 0 Å². The molecule has 21 heavy (non-hydrogen) atoms. The number of pyridine rings is 1. The number of fused-ring (bicyclic) bond motifs is 1. The Bertz CT molecular complexity index is 599. The maximum atomic E-state index is 6.28. The van der Waals surface area contributed by atoms with E-state index in [1.165, 1.54) is 5.56 Å². The maximum absolute atomic E-state index is 6.28. The Morgan fingerprint density at radius 2 is 2.10 bits per heavy atom. The molecule has 0 radical (unpaired) electrons. The lowest BCUT2D eigenvalue weighted by atomic mass is 10.1. The van der Waals surface area contributed by atoms with Gasteiger partial charge in [-0.3, -0.25) is 0 Å². The van der Waals surface area contributed by atoms with Crippen molar-refractivity contribution >= 4 is 22.5 Å². The second-order valence-corrected chi connectivity index (χ2v) is 6.05. The molecule has 1 heterocycles. The molecule has 0 amide bonds. The Labute approximate surface area is 131 Å². The van der Waals surface area contributed by atoms with Crippen LogP contribution in [0.2, 0.25) is 5.15 Å². The van der Waals surface area contributed by atoms with Crippen molar-refractivity contribution in [1.29, 1.82) is 0 Å². The van der Waals surface area contributed by atoms with Crippen LogP contribution in [0.4, 0.5) is 0 Å². The van der Waals surface area contributed by atoms with Crippen LogP contribution in [0.15, 0.2) is 24.3 Å². The first-order valence-electron chi connectivity index (χ1n) is 7.55. The summed E-state index contributed by atoms with van der Waals surface area (Å²) in [4.78, 5) is 4.50. The van der Waals surface area contributed by atoms with Crippen LogP contribution in [0.25, 0.3) is 10.9 Å². The van der Waals surface area contributed by atoms with Crippen LogP contribution in [0, 0.1) is 6.92 Å². The van der Waals surface area contributed by atoms with Gasteiger partial charge in [-0.05, 0) is 38.5 Å². The Morgan fingerprint density at radius 3 is 2.86 bits per heavy atom. The number of ether oxygens (including phenoxy) is 1. The minimum absolute atomic E-state index is 0.313. The summed E-state index contributed by atoms with van der Waals surface area (Å²) in [6.07, 6.45) is 1.36. The van der Waals surface area contributed by atoms with E-state index in [-0.39, 0.29) is 0 Å². The second-order valence-electron chi connectivity index (χ2n) is 5.69. The number of rotatable bonds is 7. The molecule has 114 valence electrons. The number of hydrogen-bond donors (Lipinski definition) is 1. The van der Waals surface area contributed by atoms with Gasteiger partial charge in [-0.2, -0.15) is 0 Å². The second kappa shape index (κ2) is 7.74. The first-order valence-corrected chi connectivity index (χ1v) is 7.93. The summed E-state index contributed by atoms with van der Waals surface area (Å²) in [6.45, 7) is 8.90. The molecule has 4 heteroatoms. The Balaban J connectivity index is 1.90. The highest BCUT2D eigenvalue weighted by Crippen LogP contribution is 2.20. The van der Waals surface area contributed by atoms with E-state index in [0.29, 0.717) is 11.3 Å². The van der Waals surface area contributed by atoms with Gasteiger partial charge in [0.15, 0.2) is 0 Å². The van der Waals surface area contributed by atoms with Gasteiger partial charge in [0.1, 0.15) is 11.7 Å². The van der Waals surface area contributed by atoms with Crippen LogP contribution in [-0.2, 0) is 11.3 Å². The standard InChI is InChI=1S/C17H23ClN2O/c1-12(2)21-8-4-7-19-11-15-10-14-6-5-13(3)9-16(14)20-17(15)18/h5-6,9-10,12,19H,4,7-8,11H2,1-3H3/p+1. The normalized spacial score (nSPS) is 11.5. The SMILES string of the molecule is Cc1ccc2cc(C[NH2+]CCCOC(C)C)c(Cl)nc2c1. The van der Waals surface area contributed by atoms with Crippen molar-refractivity contribution in [2.24, 2.45) is 0 Å². The first-order chi connectivity index (χ1) is 10.1. The lowest BCUT2D eigenvalue weighted by molar-refractivity contribution is -0.671. The maximum Gasteiger partial charge on any atom is 0.138 e. The van der Waals surface area contributed by atoms with E-state index in [4.69, 9.17) is 16.3 Å². The molecule has 0 aliphatic heterocycles. The van der Waals surface area contributed by atoms with Crippen molar-refractivity contribution in [3.63, 3.8) is 0 Å². The van der Waals surface area contributed by atoms with Gasteiger partial charge in [-0.15, -0.1) is 0 Å². The minimum atomic E-state index is 0.313. The van der Waals surface area contributed by atoms with Crippen molar-refractivity contribution in [2.75, 3.05) is 13.2 Å². The number of quaternary nitrogens is 1. The van der Waals surface area contributed by atoms with Crippen LogP contribution in [0.5, 0.6) is 0 Å². The molecule has 3 nitrogen and oxygen atoms in total. The van der Waals surface area contributed by atoms with Crippen LogP contribution < -0.4 is 5.32 Å². The summed E-state index contributed by atoms with van der Waals surface area (Å²) in [6, 6.07) is 8.42. The molecule has 2 aromatic rings. The molecule has 0 aliphatic carbocycles. The summed E-state index contributed by atoms with van der Waals surface area (Å²) < 4.78 is 5.53. The number of hydrogen-bond acceptors (Lipinski definition) is 2. The van der Waals surface area contributed by atoms with Crippen LogP contribution in [-0.4, -0.2) is 24.2 Å². The lowest BCUT2D eigenvalue weighted by Crippen LogP contribution is -2.82. The zero-order valence-corrected chi connectivity index (χ0v) is 13.8. The van der Waals surface area contributed by atoms with Gasteiger partial charge >= 0.3 is 0 Å². The van der Waals surface area contributed by atoms with Gasteiger partial charge in [0.25, 0.3) is 0 Å². The average molecular weight is 308 g/mol. The summed E-state index contributed by atoms with van der Waals surface area (Å²) in [5.41, 5.74) is 3.27. The van der Waals surface area contributed by atoms with E-state index in [9.17, 15) is 0 Å². The third-order valence-electron chi connectivity index (χ3n) is 3.37. The molecule has 2 N–H and O–H groups in total. The molecular formula is C17H24ClN2O+. The summed E-state index contributed by atoms with van der Waals surface area (Å²) in [7, 11) is 0. The number of aryl methyl sites for hydroxylation is 1. The quantitative estimate of drug-likeness (QED) is 0.630. The van der Waals surface area contributed by atoms with E-state index < -0.39 is 0 Å². The fraction of sp³-hybridized carbons (Fsp3) is 0.471. The summed E-state index contributed by atoms with van der Waals surface area (Å²) >= 11 is 6.28. The zero-order chi connectivity index (χ0) is 15.2. The lowest BCUT2D eigenvalue weighted by Gasteiger charge is -2.08. The van der Waals surface area contributed by atoms with Crippen LogP contribution in [0.1, 0.15) is 31.4 Å². The predicted octanol–water partition coefficient (Wildman–Crippen LogP) is 3.08. The highest BCUT2D eigenvalue weighted by atomic mass is 35.5. The van der Waals surface area contributed by atoms with Crippen molar-refractivity contribution in [3.8, 4) is 0 Å². The molecular weight excluding hydrogens is 284 g/mol. The van der Waals surface area contributed by atoms with Crippen molar-refractivity contribution in [2.45, 2.75) is 39.8 Å². The molecule has 0 saturated heterocycles. The largest absolute Gasteiger partial charge is 0.379 e. The molecule has 0 atom stereocenters. The topological polar surface area (TPSA) is 38.7 Å². The highest BCUT2D eigenvalue weighted by Gasteiger charge is 2.07. The van der Waals surface area contributed by atoms with Gasteiger partial charge < -0.3 is 10.1 Å². The third-order valence-corrected chi connectivity index (χ3v) is 3.69. The van der Waals surface area contributed by atoms with Crippen molar-refractivity contribution in [3.05, 3.63) is 40.5 Å². The molecule has 2 rings (SSSR count). The Morgan fingerprint density at radius 1 is 1.29 bits per heavy atom. The van der Waals surface area contributed by atoms with Crippen molar-refractivity contribution in [1.82, 2.24) is 4.98 Å². The van der Waals surface area contributed by atoms with Crippen LogP contribution >= 0.6 is 11.6 Å². The van der Waals surface area contributed by atoms with Crippen LogP contribution in [0.3, 0.4) is 0 Å². The summed E-state index contributed by atoms with van der Waals surface area (Å²) in [5.74, 6) is 0. The molecule has 0 saturated carbocycles. The monoisotopic (exact) mass is 307 g/mol. The molecule has 0 unspecified atom stereocenters. The van der Waals surface area contributed by atoms with E-state index in [2.05, 4.69) is 55.3 Å². The predicted molar refractivity (Wildman–Crippen MR) is 87.7 cm³/mol. The van der Waals surface area contributed by atoms with E-state index >= 15 is 0 Å².